The molecule has 1 aliphatic heterocycles. The molecule has 0 atom stereocenters. The molecule has 0 unspecified atom stereocenters. The monoisotopic (exact) mass is 382 g/mol. The minimum atomic E-state index is -0.494. The molecule has 1 aliphatic rings. The number of benzene rings is 1. The lowest BCUT2D eigenvalue weighted by Gasteiger charge is -2.32. The smallest absolute Gasteiger partial charge is 0.410 e. The average Bonchev–Trinajstić information content (AvgIpc) is 2.45. The van der Waals surface area contributed by atoms with Gasteiger partial charge in [0.25, 0.3) is 0 Å². The van der Waals surface area contributed by atoms with Gasteiger partial charge in [-0.05, 0) is 51.8 Å². The predicted molar refractivity (Wildman–Crippen MR) is 93.3 cm³/mol. The molecule has 0 aliphatic carbocycles. The summed E-state index contributed by atoms with van der Waals surface area (Å²) in [6, 6.07) is 7.52. The van der Waals surface area contributed by atoms with Crippen molar-refractivity contribution in [3.63, 3.8) is 0 Å². The van der Waals surface area contributed by atoms with Crippen molar-refractivity contribution in [2.24, 2.45) is 5.92 Å². The molecule has 0 bridgehead atoms. The van der Waals surface area contributed by atoms with E-state index in [0.717, 1.165) is 10.2 Å². The van der Waals surface area contributed by atoms with E-state index in [-0.39, 0.29) is 17.9 Å². The number of likely N-dealkylation sites (tertiary alicyclic amines) is 1. The fourth-order valence-electron chi connectivity index (χ4n) is 2.46. The van der Waals surface area contributed by atoms with Gasteiger partial charge in [-0.1, -0.05) is 22.0 Å². The Hall–Kier alpha value is -1.56. The predicted octanol–water partition coefficient (Wildman–Crippen LogP) is 4.03. The van der Waals surface area contributed by atoms with Gasteiger partial charge in [0.2, 0.25) is 5.91 Å². The third kappa shape index (κ3) is 5.53. The number of piperidine rings is 1. The first kappa shape index (κ1) is 17.8. The second-order valence-corrected chi connectivity index (χ2v) is 7.66. The van der Waals surface area contributed by atoms with E-state index in [9.17, 15) is 9.59 Å². The molecule has 1 N–H and O–H groups in total. The SMILES string of the molecule is CC(C)(C)OC(=O)N1CCC(C(=O)Nc2cccc(Br)c2)CC1. The zero-order valence-electron chi connectivity index (χ0n) is 13.8. The molecule has 1 fully saturated rings. The highest BCUT2D eigenvalue weighted by Gasteiger charge is 2.29. The number of rotatable bonds is 2. The van der Waals surface area contributed by atoms with Crippen molar-refractivity contribution in [3.05, 3.63) is 28.7 Å². The van der Waals surface area contributed by atoms with E-state index < -0.39 is 5.60 Å². The molecule has 2 amide bonds. The van der Waals surface area contributed by atoms with Gasteiger partial charge in [0, 0.05) is 29.2 Å². The van der Waals surface area contributed by atoms with Gasteiger partial charge in [-0.25, -0.2) is 4.79 Å². The van der Waals surface area contributed by atoms with Crippen molar-refractivity contribution in [1.29, 1.82) is 0 Å². The molecule has 2 rings (SSSR count). The van der Waals surface area contributed by atoms with Crippen molar-refractivity contribution in [3.8, 4) is 0 Å². The van der Waals surface area contributed by atoms with Crippen LogP contribution in [0.3, 0.4) is 0 Å². The van der Waals surface area contributed by atoms with Gasteiger partial charge in [0.05, 0.1) is 0 Å². The van der Waals surface area contributed by atoms with Crippen LogP contribution in [-0.2, 0) is 9.53 Å². The number of anilines is 1. The Labute approximate surface area is 145 Å². The van der Waals surface area contributed by atoms with Crippen LogP contribution in [0, 0.1) is 5.92 Å². The van der Waals surface area contributed by atoms with Gasteiger partial charge in [0.1, 0.15) is 5.60 Å². The number of carbonyl (C=O) groups excluding carboxylic acids is 2. The van der Waals surface area contributed by atoms with Crippen LogP contribution in [0.1, 0.15) is 33.6 Å². The largest absolute Gasteiger partial charge is 0.444 e. The quantitative estimate of drug-likeness (QED) is 0.839. The molecule has 23 heavy (non-hydrogen) atoms. The van der Waals surface area contributed by atoms with Crippen molar-refractivity contribution in [2.45, 2.75) is 39.2 Å². The van der Waals surface area contributed by atoms with E-state index in [0.29, 0.717) is 25.9 Å². The van der Waals surface area contributed by atoms with Crippen molar-refractivity contribution in [1.82, 2.24) is 4.90 Å². The van der Waals surface area contributed by atoms with E-state index in [1.54, 1.807) is 4.90 Å². The molecule has 6 heteroatoms. The van der Waals surface area contributed by atoms with Crippen LogP contribution in [0.2, 0.25) is 0 Å². The highest BCUT2D eigenvalue weighted by atomic mass is 79.9. The number of hydrogen-bond acceptors (Lipinski definition) is 3. The number of hydrogen-bond donors (Lipinski definition) is 1. The van der Waals surface area contributed by atoms with E-state index >= 15 is 0 Å². The Morgan fingerprint density at radius 3 is 2.48 bits per heavy atom. The van der Waals surface area contributed by atoms with Gasteiger partial charge in [-0.3, -0.25) is 4.79 Å². The second kappa shape index (κ2) is 7.34. The lowest BCUT2D eigenvalue weighted by molar-refractivity contribution is -0.121. The van der Waals surface area contributed by atoms with E-state index in [2.05, 4.69) is 21.2 Å². The molecule has 0 aromatic heterocycles. The van der Waals surface area contributed by atoms with Crippen LogP contribution in [-0.4, -0.2) is 35.6 Å². The number of nitrogens with one attached hydrogen (secondary N) is 1. The first-order valence-corrected chi connectivity index (χ1v) is 8.58. The van der Waals surface area contributed by atoms with Gasteiger partial charge in [-0.15, -0.1) is 0 Å². The Kier molecular flexibility index (Phi) is 5.68. The first-order valence-electron chi connectivity index (χ1n) is 7.79. The Morgan fingerprint density at radius 2 is 1.91 bits per heavy atom. The number of ether oxygens (including phenoxy) is 1. The Morgan fingerprint density at radius 1 is 1.26 bits per heavy atom. The molecule has 1 saturated heterocycles. The zero-order chi connectivity index (χ0) is 17.0. The van der Waals surface area contributed by atoms with Crippen LogP contribution in [0.4, 0.5) is 10.5 Å². The molecule has 126 valence electrons. The number of nitrogens with zero attached hydrogens (tertiary/aromatic N) is 1. The third-order valence-electron chi connectivity index (χ3n) is 3.61. The minimum absolute atomic E-state index is 0.00642. The summed E-state index contributed by atoms with van der Waals surface area (Å²) in [5.74, 6) is -0.0698. The van der Waals surface area contributed by atoms with Crippen LogP contribution >= 0.6 is 15.9 Å². The molecule has 1 aromatic carbocycles. The van der Waals surface area contributed by atoms with Crippen LogP contribution in [0.15, 0.2) is 28.7 Å². The molecule has 0 saturated carbocycles. The highest BCUT2D eigenvalue weighted by Crippen LogP contribution is 2.22. The molecular weight excluding hydrogens is 360 g/mol. The molecule has 5 nitrogen and oxygen atoms in total. The van der Waals surface area contributed by atoms with Gasteiger partial charge >= 0.3 is 6.09 Å². The molecule has 1 heterocycles. The number of carbonyl (C=O) groups is 2. The summed E-state index contributed by atoms with van der Waals surface area (Å²) < 4.78 is 6.29. The first-order chi connectivity index (χ1) is 10.7. The normalized spacial score (nSPS) is 16.1. The van der Waals surface area contributed by atoms with Gasteiger partial charge in [-0.2, -0.15) is 0 Å². The van der Waals surface area contributed by atoms with E-state index in [1.165, 1.54) is 0 Å². The fraction of sp³-hybridized carbons (Fsp3) is 0.529. The van der Waals surface area contributed by atoms with Crippen molar-refractivity contribution >= 4 is 33.6 Å². The lowest BCUT2D eigenvalue weighted by Crippen LogP contribution is -2.43. The van der Waals surface area contributed by atoms with Crippen LogP contribution in [0.5, 0.6) is 0 Å². The molecule has 1 aromatic rings. The average molecular weight is 383 g/mol. The van der Waals surface area contributed by atoms with Crippen LogP contribution < -0.4 is 5.32 Å². The Bertz CT molecular complexity index is 575. The zero-order valence-corrected chi connectivity index (χ0v) is 15.4. The molecule has 0 radical (unpaired) electrons. The molecule has 0 spiro atoms. The maximum absolute atomic E-state index is 12.3. The van der Waals surface area contributed by atoms with E-state index in [1.807, 2.05) is 45.0 Å². The maximum atomic E-state index is 12.3. The summed E-state index contributed by atoms with van der Waals surface area (Å²) in [5, 5.41) is 2.93. The lowest BCUT2D eigenvalue weighted by atomic mass is 9.96. The molecular formula is C17H23BrN2O3. The summed E-state index contributed by atoms with van der Waals surface area (Å²) >= 11 is 3.39. The van der Waals surface area contributed by atoms with Crippen molar-refractivity contribution in [2.75, 3.05) is 18.4 Å². The standard InChI is InChI=1S/C17H23BrN2O3/c1-17(2,3)23-16(22)20-9-7-12(8-10-20)15(21)19-14-6-4-5-13(18)11-14/h4-6,11-12H,7-10H2,1-3H3,(H,19,21). The Balaban J connectivity index is 1.84. The highest BCUT2D eigenvalue weighted by molar-refractivity contribution is 9.10. The van der Waals surface area contributed by atoms with Crippen LogP contribution in [0.25, 0.3) is 0 Å². The summed E-state index contributed by atoms with van der Waals surface area (Å²) in [5.41, 5.74) is 0.283. The topological polar surface area (TPSA) is 58.6 Å². The van der Waals surface area contributed by atoms with E-state index in [4.69, 9.17) is 4.74 Å². The summed E-state index contributed by atoms with van der Waals surface area (Å²) in [6.07, 6.45) is 1.00. The summed E-state index contributed by atoms with van der Waals surface area (Å²) in [7, 11) is 0. The van der Waals surface area contributed by atoms with Crippen molar-refractivity contribution < 1.29 is 14.3 Å². The summed E-state index contributed by atoms with van der Waals surface area (Å²) in [6.45, 7) is 6.65. The minimum Gasteiger partial charge on any atom is -0.444 e. The number of halogens is 1. The fourth-order valence-corrected chi connectivity index (χ4v) is 2.86. The maximum Gasteiger partial charge on any atom is 0.410 e. The second-order valence-electron chi connectivity index (χ2n) is 6.74. The van der Waals surface area contributed by atoms with Gasteiger partial charge < -0.3 is 15.0 Å². The third-order valence-corrected chi connectivity index (χ3v) is 4.10. The summed E-state index contributed by atoms with van der Waals surface area (Å²) in [4.78, 5) is 26.0. The van der Waals surface area contributed by atoms with Gasteiger partial charge in [0.15, 0.2) is 0 Å². The number of amides is 2.